The Morgan fingerprint density at radius 1 is 1.30 bits per heavy atom. The average Bonchev–Trinajstić information content (AvgIpc) is 2.79. The zero-order chi connectivity index (χ0) is 14.4. The Balaban J connectivity index is 1.83. The fourth-order valence-electron chi connectivity index (χ4n) is 1.89. The van der Waals surface area contributed by atoms with Crippen LogP contribution in [0.3, 0.4) is 0 Å². The number of benzene rings is 1. The summed E-state index contributed by atoms with van der Waals surface area (Å²) in [5.41, 5.74) is 2.32. The van der Waals surface area contributed by atoms with Gasteiger partial charge in [0.15, 0.2) is 0 Å². The molecule has 0 fully saturated rings. The minimum absolute atomic E-state index is 0.614. The Morgan fingerprint density at radius 3 is 2.75 bits per heavy atom. The third kappa shape index (κ3) is 4.35. The summed E-state index contributed by atoms with van der Waals surface area (Å²) in [5.74, 6) is 0.880. The van der Waals surface area contributed by atoms with Crippen molar-refractivity contribution in [3.63, 3.8) is 0 Å². The van der Waals surface area contributed by atoms with Gasteiger partial charge in [-0.1, -0.05) is 22.9 Å². The van der Waals surface area contributed by atoms with Gasteiger partial charge in [-0.05, 0) is 37.7 Å². The van der Waals surface area contributed by atoms with Crippen molar-refractivity contribution in [2.45, 2.75) is 26.9 Å². The normalized spacial score (nSPS) is 10.8. The largest absolute Gasteiger partial charge is 0.492 e. The van der Waals surface area contributed by atoms with Crippen molar-refractivity contribution < 1.29 is 4.74 Å². The van der Waals surface area contributed by atoms with Gasteiger partial charge in [0.25, 0.3) is 0 Å². The van der Waals surface area contributed by atoms with Crippen LogP contribution in [0.2, 0.25) is 0 Å². The van der Waals surface area contributed by atoms with Crippen molar-refractivity contribution in [1.29, 1.82) is 0 Å². The summed E-state index contributed by atoms with van der Waals surface area (Å²) in [6, 6.07) is 7.86. The summed E-state index contributed by atoms with van der Waals surface area (Å²) in [4.78, 5) is 0. The summed E-state index contributed by atoms with van der Waals surface area (Å²) < 4.78 is 8.70. The topological polar surface area (TPSA) is 39.1 Å². The molecule has 0 unspecified atom stereocenters. The van der Waals surface area contributed by atoms with Crippen LogP contribution in [0.5, 0.6) is 5.75 Å². The van der Waals surface area contributed by atoms with E-state index >= 15 is 0 Å². The molecule has 108 valence electrons. The SMILES string of the molecule is CCNCc1cn(CCOc2ccc(Br)cc2)nc1C. The monoisotopic (exact) mass is 337 g/mol. The molecule has 0 aliphatic carbocycles. The Labute approximate surface area is 128 Å². The number of aromatic nitrogens is 2. The molecule has 20 heavy (non-hydrogen) atoms. The first-order valence-electron chi connectivity index (χ1n) is 6.81. The van der Waals surface area contributed by atoms with Gasteiger partial charge in [-0.2, -0.15) is 5.10 Å². The van der Waals surface area contributed by atoms with Gasteiger partial charge in [-0.3, -0.25) is 4.68 Å². The Hall–Kier alpha value is -1.33. The van der Waals surface area contributed by atoms with E-state index in [0.717, 1.165) is 35.6 Å². The molecule has 1 N–H and O–H groups in total. The minimum Gasteiger partial charge on any atom is -0.492 e. The maximum atomic E-state index is 5.70. The van der Waals surface area contributed by atoms with Crippen molar-refractivity contribution in [1.82, 2.24) is 15.1 Å². The van der Waals surface area contributed by atoms with Gasteiger partial charge < -0.3 is 10.1 Å². The molecular weight excluding hydrogens is 318 g/mol. The quantitative estimate of drug-likeness (QED) is 0.843. The van der Waals surface area contributed by atoms with E-state index in [2.05, 4.69) is 39.5 Å². The second-order valence-electron chi connectivity index (χ2n) is 4.59. The molecule has 0 bridgehead atoms. The van der Waals surface area contributed by atoms with Gasteiger partial charge in [-0.25, -0.2) is 0 Å². The van der Waals surface area contributed by atoms with Gasteiger partial charge in [0, 0.05) is 22.8 Å². The highest BCUT2D eigenvalue weighted by Gasteiger charge is 2.04. The zero-order valence-electron chi connectivity index (χ0n) is 11.9. The predicted molar refractivity (Wildman–Crippen MR) is 84.0 cm³/mol. The van der Waals surface area contributed by atoms with Gasteiger partial charge >= 0.3 is 0 Å². The molecule has 0 saturated heterocycles. The molecule has 5 heteroatoms. The van der Waals surface area contributed by atoms with Crippen LogP contribution in [0.25, 0.3) is 0 Å². The number of nitrogens with one attached hydrogen (secondary N) is 1. The summed E-state index contributed by atoms with van der Waals surface area (Å²) in [6.45, 7) is 7.35. The second kappa shape index (κ2) is 7.45. The van der Waals surface area contributed by atoms with Gasteiger partial charge in [-0.15, -0.1) is 0 Å². The lowest BCUT2D eigenvalue weighted by molar-refractivity contribution is 0.291. The summed E-state index contributed by atoms with van der Waals surface area (Å²) in [5, 5.41) is 7.81. The van der Waals surface area contributed by atoms with Crippen LogP contribution in [0.15, 0.2) is 34.9 Å². The average molecular weight is 338 g/mol. The number of nitrogens with zero attached hydrogens (tertiary/aromatic N) is 2. The molecule has 0 amide bonds. The maximum Gasteiger partial charge on any atom is 0.119 e. The van der Waals surface area contributed by atoms with Crippen molar-refractivity contribution >= 4 is 15.9 Å². The summed E-state index contributed by atoms with van der Waals surface area (Å²) in [6.07, 6.45) is 2.09. The number of rotatable bonds is 7. The smallest absolute Gasteiger partial charge is 0.119 e. The highest BCUT2D eigenvalue weighted by molar-refractivity contribution is 9.10. The van der Waals surface area contributed by atoms with E-state index in [4.69, 9.17) is 4.74 Å². The molecule has 2 rings (SSSR count). The van der Waals surface area contributed by atoms with Crippen LogP contribution in [-0.4, -0.2) is 22.9 Å². The third-order valence-electron chi connectivity index (χ3n) is 3.02. The number of ether oxygens (including phenoxy) is 1. The van der Waals surface area contributed by atoms with Crippen LogP contribution >= 0.6 is 15.9 Å². The fraction of sp³-hybridized carbons (Fsp3) is 0.400. The Morgan fingerprint density at radius 2 is 2.05 bits per heavy atom. The zero-order valence-corrected chi connectivity index (χ0v) is 13.5. The fourth-order valence-corrected chi connectivity index (χ4v) is 2.16. The first-order chi connectivity index (χ1) is 9.69. The van der Waals surface area contributed by atoms with E-state index in [9.17, 15) is 0 Å². The van der Waals surface area contributed by atoms with Crippen LogP contribution in [0, 0.1) is 6.92 Å². The van der Waals surface area contributed by atoms with E-state index in [0.29, 0.717) is 6.61 Å². The van der Waals surface area contributed by atoms with Crippen LogP contribution < -0.4 is 10.1 Å². The molecule has 0 aliphatic rings. The lowest BCUT2D eigenvalue weighted by atomic mass is 10.2. The highest BCUT2D eigenvalue weighted by atomic mass is 79.9. The molecule has 0 atom stereocenters. The van der Waals surface area contributed by atoms with E-state index in [1.165, 1.54) is 5.56 Å². The molecule has 0 saturated carbocycles. The molecule has 0 aliphatic heterocycles. The van der Waals surface area contributed by atoms with Gasteiger partial charge in [0.05, 0.1) is 12.2 Å². The van der Waals surface area contributed by atoms with Crippen LogP contribution in [-0.2, 0) is 13.1 Å². The van der Waals surface area contributed by atoms with E-state index < -0.39 is 0 Å². The number of hydrogen-bond acceptors (Lipinski definition) is 3. The van der Waals surface area contributed by atoms with E-state index in [1.54, 1.807) is 0 Å². The van der Waals surface area contributed by atoms with Crippen LogP contribution in [0.1, 0.15) is 18.2 Å². The number of hydrogen-bond donors (Lipinski definition) is 1. The standard InChI is InChI=1S/C15H20BrN3O/c1-3-17-10-13-11-19(18-12(13)2)8-9-20-15-6-4-14(16)5-7-15/h4-7,11,17H,3,8-10H2,1-2H3. The third-order valence-corrected chi connectivity index (χ3v) is 3.54. The van der Waals surface area contributed by atoms with Crippen LogP contribution in [0.4, 0.5) is 0 Å². The van der Waals surface area contributed by atoms with Crippen molar-refractivity contribution in [2.24, 2.45) is 0 Å². The van der Waals surface area contributed by atoms with Crippen molar-refractivity contribution in [3.8, 4) is 5.75 Å². The second-order valence-corrected chi connectivity index (χ2v) is 5.50. The van der Waals surface area contributed by atoms with Crippen molar-refractivity contribution in [3.05, 3.63) is 46.2 Å². The van der Waals surface area contributed by atoms with E-state index in [-0.39, 0.29) is 0 Å². The number of aryl methyl sites for hydroxylation is 1. The summed E-state index contributed by atoms with van der Waals surface area (Å²) >= 11 is 3.41. The minimum atomic E-state index is 0.614. The van der Waals surface area contributed by atoms with Crippen molar-refractivity contribution in [2.75, 3.05) is 13.2 Å². The maximum absolute atomic E-state index is 5.70. The number of halogens is 1. The molecule has 2 aromatic rings. The molecule has 0 spiro atoms. The molecule has 1 aromatic heterocycles. The Kier molecular flexibility index (Phi) is 5.61. The Bertz CT molecular complexity index is 537. The van der Waals surface area contributed by atoms with Gasteiger partial charge in [0.2, 0.25) is 0 Å². The lowest BCUT2D eigenvalue weighted by Gasteiger charge is -2.06. The predicted octanol–water partition coefficient (Wildman–Crippen LogP) is 3.14. The first kappa shape index (κ1) is 15.1. The molecule has 1 heterocycles. The summed E-state index contributed by atoms with van der Waals surface area (Å²) in [7, 11) is 0. The highest BCUT2D eigenvalue weighted by Crippen LogP contribution is 2.16. The molecule has 1 aromatic carbocycles. The van der Waals surface area contributed by atoms with Gasteiger partial charge in [0.1, 0.15) is 12.4 Å². The molecule has 0 radical (unpaired) electrons. The van der Waals surface area contributed by atoms with E-state index in [1.807, 2.05) is 35.9 Å². The molecule has 4 nitrogen and oxygen atoms in total. The molecular formula is C15H20BrN3O. The first-order valence-corrected chi connectivity index (χ1v) is 7.60. The lowest BCUT2D eigenvalue weighted by Crippen LogP contribution is -2.12.